The lowest BCUT2D eigenvalue weighted by atomic mass is 9.91. The first-order chi connectivity index (χ1) is 6.97. The van der Waals surface area contributed by atoms with Crippen molar-refractivity contribution in [2.24, 2.45) is 17.6 Å². The number of hydrogen-bond donors (Lipinski definition) is 1. The molecule has 0 spiro atoms. The second-order valence-electron chi connectivity index (χ2n) is 5.24. The Morgan fingerprint density at radius 2 is 1.73 bits per heavy atom. The monoisotopic (exact) mass is 210 g/mol. The predicted molar refractivity (Wildman–Crippen MR) is 55.8 cm³/mol. The molecule has 0 aromatic heterocycles. The normalized spacial score (nSPS) is 31.3. The standard InChI is InChI=1S/C11H18N2O2/c1-11(2,6-12)13-9(14)7-3-4-8(5-7)10(13)15/h7-8H,3-6,12H2,1-2H3. The molecule has 2 fully saturated rings. The number of imide groups is 1. The first kappa shape index (κ1) is 10.6. The van der Waals surface area contributed by atoms with E-state index in [1.807, 2.05) is 13.8 Å². The molecule has 2 bridgehead atoms. The molecule has 4 heteroatoms. The molecule has 15 heavy (non-hydrogen) atoms. The molecule has 1 saturated heterocycles. The summed E-state index contributed by atoms with van der Waals surface area (Å²) in [6, 6.07) is 0. The second kappa shape index (κ2) is 3.30. The van der Waals surface area contributed by atoms with Gasteiger partial charge in [-0.2, -0.15) is 0 Å². The molecule has 2 rings (SSSR count). The van der Waals surface area contributed by atoms with Gasteiger partial charge in [0.05, 0.1) is 5.54 Å². The minimum atomic E-state index is -0.532. The van der Waals surface area contributed by atoms with Gasteiger partial charge < -0.3 is 5.73 Å². The van der Waals surface area contributed by atoms with Crippen molar-refractivity contribution in [1.29, 1.82) is 0 Å². The molecule has 2 atom stereocenters. The smallest absolute Gasteiger partial charge is 0.232 e. The molecular weight excluding hydrogens is 192 g/mol. The summed E-state index contributed by atoms with van der Waals surface area (Å²) < 4.78 is 0. The van der Waals surface area contributed by atoms with Crippen LogP contribution in [-0.2, 0) is 9.59 Å². The fraction of sp³-hybridized carbons (Fsp3) is 0.818. The van der Waals surface area contributed by atoms with E-state index in [-0.39, 0.29) is 23.7 Å². The predicted octanol–water partition coefficient (Wildman–Crippen LogP) is 0.509. The summed E-state index contributed by atoms with van der Waals surface area (Å²) >= 11 is 0. The number of hydrogen-bond acceptors (Lipinski definition) is 3. The number of carbonyl (C=O) groups is 2. The van der Waals surface area contributed by atoms with Gasteiger partial charge in [0, 0.05) is 18.4 Å². The summed E-state index contributed by atoms with van der Waals surface area (Å²) in [6.07, 6.45) is 2.49. The van der Waals surface area contributed by atoms with Crippen LogP contribution in [0.15, 0.2) is 0 Å². The summed E-state index contributed by atoms with van der Waals surface area (Å²) in [6.45, 7) is 4.03. The molecule has 2 N–H and O–H groups in total. The number of piperidine rings is 1. The van der Waals surface area contributed by atoms with Crippen molar-refractivity contribution in [3.63, 3.8) is 0 Å². The molecule has 4 nitrogen and oxygen atoms in total. The number of fused-ring (bicyclic) bond motifs is 2. The second-order valence-corrected chi connectivity index (χ2v) is 5.24. The molecule has 84 valence electrons. The van der Waals surface area contributed by atoms with E-state index in [0.717, 1.165) is 19.3 Å². The van der Waals surface area contributed by atoms with Crippen LogP contribution in [0.4, 0.5) is 0 Å². The van der Waals surface area contributed by atoms with Gasteiger partial charge in [0.1, 0.15) is 0 Å². The van der Waals surface area contributed by atoms with Crippen molar-refractivity contribution >= 4 is 11.8 Å². The third-order valence-corrected chi connectivity index (χ3v) is 3.68. The Bertz CT molecular complexity index is 290. The van der Waals surface area contributed by atoms with Gasteiger partial charge in [-0.3, -0.25) is 14.5 Å². The number of likely N-dealkylation sites (tertiary alicyclic amines) is 1. The highest BCUT2D eigenvalue weighted by atomic mass is 16.2. The van der Waals surface area contributed by atoms with Crippen LogP contribution < -0.4 is 5.73 Å². The fourth-order valence-electron chi connectivity index (χ4n) is 2.59. The summed E-state index contributed by atoms with van der Waals surface area (Å²) in [5.41, 5.74) is 5.09. The topological polar surface area (TPSA) is 63.4 Å². The lowest BCUT2D eigenvalue weighted by molar-refractivity contribution is -0.159. The lowest BCUT2D eigenvalue weighted by Gasteiger charge is -2.40. The van der Waals surface area contributed by atoms with Crippen LogP contribution in [0.3, 0.4) is 0 Å². The summed E-state index contributed by atoms with van der Waals surface area (Å²) in [7, 11) is 0. The fourth-order valence-corrected chi connectivity index (χ4v) is 2.59. The molecule has 0 radical (unpaired) electrons. The molecule has 2 amide bonds. The summed E-state index contributed by atoms with van der Waals surface area (Å²) in [5.74, 6) is 0.116. The molecule has 1 saturated carbocycles. The van der Waals surface area contributed by atoms with E-state index in [9.17, 15) is 9.59 Å². The Labute approximate surface area is 89.8 Å². The summed E-state index contributed by atoms with van der Waals surface area (Å²) in [5, 5.41) is 0. The van der Waals surface area contributed by atoms with Crippen molar-refractivity contribution in [2.45, 2.75) is 38.6 Å². The van der Waals surface area contributed by atoms with Gasteiger partial charge in [-0.25, -0.2) is 0 Å². The van der Waals surface area contributed by atoms with Crippen LogP contribution in [0.25, 0.3) is 0 Å². The zero-order valence-electron chi connectivity index (χ0n) is 9.32. The van der Waals surface area contributed by atoms with E-state index in [2.05, 4.69) is 0 Å². The van der Waals surface area contributed by atoms with E-state index in [1.165, 1.54) is 4.90 Å². The minimum Gasteiger partial charge on any atom is -0.328 e. The van der Waals surface area contributed by atoms with Crippen LogP contribution in [0.1, 0.15) is 33.1 Å². The van der Waals surface area contributed by atoms with Crippen molar-refractivity contribution in [1.82, 2.24) is 4.90 Å². The average molecular weight is 210 g/mol. The lowest BCUT2D eigenvalue weighted by Crippen LogP contribution is -2.59. The maximum atomic E-state index is 12.0. The van der Waals surface area contributed by atoms with E-state index >= 15 is 0 Å². The minimum absolute atomic E-state index is 0.01000. The summed E-state index contributed by atoms with van der Waals surface area (Å²) in [4.78, 5) is 25.5. The average Bonchev–Trinajstić information content (AvgIpc) is 2.61. The highest BCUT2D eigenvalue weighted by Crippen LogP contribution is 2.40. The molecular formula is C11H18N2O2. The van der Waals surface area contributed by atoms with Gasteiger partial charge in [-0.05, 0) is 33.1 Å². The van der Waals surface area contributed by atoms with Gasteiger partial charge in [0.15, 0.2) is 0 Å². The number of carbonyl (C=O) groups excluding carboxylic acids is 2. The van der Waals surface area contributed by atoms with Gasteiger partial charge in [-0.1, -0.05) is 0 Å². The highest BCUT2D eigenvalue weighted by molar-refractivity contribution is 6.01. The Hall–Kier alpha value is -0.900. The van der Waals surface area contributed by atoms with Gasteiger partial charge in [0.25, 0.3) is 0 Å². The van der Waals surface area contributed by atoms with E-state index < -0.39 is 5.54 Å². The first-order valence-electron chi connectivity index (χ1n) is 5.55. The Morgan fingerprint density at radius 1 is 1.27 bits per heavy atom. The van der Waals surface area contributed by atoms with Crippen LogP contribution in [0.5, 0.6) is 0 Å². The maximum Gasteiger partial charge on any atom is 0.232 e. The zero-order valence-corrected chi connectivity index (χ0v) is 9.32. The Balaban J connectivity index is 2.31. The van der Waals surface area contributed by atoms with Crippen LogP contribution in [0, 0.1) is 11.8 Å². The molecule has 2 aliphatic rings. The maximum absolute atomic E-state index is 12.0. The number of amides is 2. The molecule has 1 heterocycles. The Morgan fingerprint density at radius 3 is 2.13 bits per heavy atom. The van der Waals surface area contributed by atoms with Crippen molar-refractivity contribution < 1.29 is 9.59 Å². The first-order valence-corrected chi connectivity index (χ1v) is 5.55. The van der Waals surface area contributed by atoms with E-state index in [1.54, 1.807) is 0 Å². The number of nitrogens with zero attached hydrogens (tertiary/aromatic N) is 1. The SMILES string of the molecule is CC(C)(CN)N1C(=O)C2CCC(C2)C1=O. The van der Waals surface area contributed by atoms with Crippen molar-refractivity contribution in [3.05, 3.63) is 0 Å². The molecule has 2 unspecified atom stereocenters. The zero-order chi connectivity index (χ0) is 11.2. The van der Waals surface area contributed by atoms with Crippen molar-refractivity contribution in [3.8, 4) is 0 Å². The Kier molecular flexibility index (Phi) is 2.34. The van der Waals surface area contributed by atoms with Gasteiger partial charge >= 0.3 is 0 Å². The van der Waals surface area contributed by atoms with Gasteiger partial charge in [0.2, 0.25) is 11.8 Å². The highest BCUT2D eigenvalue weighted by Gasteiger charge is 2.49. The molecule has 0 aromatic rings. The quantitative estimate of drug-likeness (QED) is 0.675. The van der Waals surface area contributed by atoms with E-state index in [4.69, 9.17) is 5.73 Å². The molecule has 1 aliphatic carbocycles. The number of rotatable bonds is 2. The van der Waals surface area contributed by atoms with Crippen molar-refractivity contribution in [2.75, 3.05) is 6.54 Å². The number of nitrogens with two attached hydrogens (primary N) is 1. The van der Waals surface area contributed by atoms with Gasteiger partial charge in [-0.15, -0.1) is 0 Å². The largest absolute Gasteiger partial charge is 0.328 e. The van der Waals surface area contributed by atoms with Crippen LogP contribution >= 0.6 is 0 Å². The third kappa shape index (κ3) is 1.47. The van der Waals surface area contributed by atoms with E-state index in [0.29, 0.717) is 6.54 Å². The van der Waals surface area contributed by atoms with Crippen LogP contribution in [-0.4, -0.2) is 28.8 Å². The third-order valence-electron chi connectivity index (χ3n) is 3.68. The van der Waals surface area contributed by atoms with Crippen LogP contribution in [0.2, 0.25) is 0 Å². The molecule has 0 aromatic carbocycles. The molecule has 1 aliphatic heterocycles.